The fourth-order valence-electron chi connectivity index (χ4n) is 1.14. The van der Waals surface area contributed by atoms with Gasteiger partial charge in [0, 0.05) is 4.88 Å². The first-order chi connectivity index (χ1) is 7.77. The first kappa shape index (κ1) is 10.6. The standard InChI is InChI=1S/C11H10N2O2S/c1-8(10-5-3-7-16-10)12-13-11(14)9-4-2-6-15-9/h2-7H,1H3,(H,13,14)/b12-8+. The number of thiophene rings is 1. The van der Waals surface area contributed by atoms with Gasteiger partial charge in [-0.05, 0) is 30.5 Å². The number of amides is 1. The lowest BCUT2D eigenvalue weighted by Gasteiger charge is -1.98. The number of hydrazone groups is 1. The fourth-order valence-corrected chi connectivity index (χ4v) is 1.81. The summed E-state index contributed by atoms with van der Waals surface area (Å²) in [5.74, 6) is -0.0939. The van der Waals surface area contributed by atoms with Gasteiger partial charge in [-0.1, -0.05) is 6.07 Å². The van der Waals surface area contributed by atoms with Gasteiger partial charge >= 0.3 is 5.91 Å². The second-order valence-corrected chi connectivity index (χ2v) is 4.04. The Hall–Kier alpha value is -1.88. The van der Waals surface area contributed by atoms with Gasteiger partial charge in [0.05, 0.1) is 12.0 Å². The summed E-state index contributed by atoms with van der Waals surface area (Å²) in [7, 11) is 0. The number of carbonyl (C=O) groups is 1. The van der Waals surface area contributed by atoms with E-state index in [1.807, 2.05) is 24.4 Å². The summed E-state index contributed by atoms with van der Waals surface area (Å²) in [4.78, 5) is 12.5. The maximum absolute atomic E-state index is 11.5. The van der Waals surface area contributed by atoms with Gasteiger partial charge in [0.1, 0.15) is 0 Å². The van der Waals surface area contributed by atoms with Crippen LogP contribution in [0.2, 0.25) is 0 Å². The Morgan fingerprint density at radius 3 is 2.94 bits per heavy atom. The SMILES string of the molecule is C/C(=N\NC(=O)c1ccco1)c1cccs1. The summed E-state index contributed by atoms with van der Waals surface area (Å²) >= 11 is 1.57. The van der Waals surface area contributed by atoms with Crippen molar-refractivity contribution >= 4 is 23.0 Å². The Balaban J connectivity index is 2.02. The number of nitrogens with one attached hydrogen (secondary N) is 1. The average Bonchev–Trinajstić information content (AvgIpc) is 2.95. The lowest BCUT2D eigenvalue weighted by Crippen LogP contribution is -2.18. The Morgan fingerprint density at radius 1 is 1.44 bits per heavy atom. The number of nitrogens with zero attached hydrogens (tertiary/aromatic N) is 1. The number of carbonyl (C=O) groups excluding carboxylic acids is 1. The number of rotatable bonds is 3. The quantitative estimate of drug-likeness (QED) is 0.655. The molecule has 0 saturated carbocycles. The smallest absolute Gasteiger partial charge is 0.307 e. The van der Waals surface area contributed by atoms with E-state index in [1.54, 1.807) is 23.5 Å². The van der Waals surface area contributed by atoms with Crippen LogP contribution in [0, 0.1) is 0 Å². The number of hydrogen-bond acceptors (Lipinski definition) is 4. The molecule has 16 heavy (non-hydrogen) atoms. The van der Waals surface area contributed by atoms with Crippen LogP contribution in [0.5, 0.6) is 0 Å². The van der Waals surface area contributed by atoms with E-state index in [0.717, 1.165) is 10.6 Å². The average molecular weight is 234 g/mol. The topological polar surface area (TPSA) is 54.6 Å². The molecule has 1 N–H and O–H groups in total. The Kier molecular flexibility index (Phi) is 3.16. The van der Waals surface area contributed by atoms with Crippen molar-refractivity contribution in [3.8, 4) is 0 Å². The van der Waals surface area contributed by atoms with Gasteiger partial charge in [-0.25, -0.2) is 5.43 Å². The molecule has 0 radical (unpaired) electrons. The van der Waals surface area contributed by atoms with Gasteiger partial charge in [0.25, 0.3) is 0 Å². The second kappa shape index (κ2) is 4.76. The highest BCUT2D eigenvalue weighted by Gasteiger charge is 2.07. The maximum atomic E-state index is 11.5. The van der Waals surface area contributed by atoms with E-state index in [1.165, 1.54) is 6.26 Å². The van der Waals surface area contributed by atoms with Gasteiger partial charge in [0.2, 0.25) is 0 Å². The fraction of sp³-hybridized carbons (Fsp3) is 0.0909. The van der Waals surface area contributed by atoms with E-state index >= 15 is 0 Å². The molecular weight excluding hydrogens is 224 g/mol. The van der Waals surface area contributed by atoms with Gasteiger partial charge in [0.15, 0.2) is 5.76 Å². The molecule has 5 heteroatoms. The van der Waals surface area contributed by atoms with Crippen molar-refractivity contribution in [2.75, 3.05) is 0 Å². The Bertz CT molecular complexity index is 486. The normalized spacial score (nSPS) is 11.4. The van der Waals surface area contributed by atoms with Crippen molar-refractivity contribution in [2.45, 2.75) is 6.92 Å². The van der Waals surface area contributed by atoms with Crippen LogP contribution in [0.4, 0.5) is 0 Å². The zero-order valence-electron chi connectivity index (χ0n) is 8.64. The highest BCUT2D eigenvalue weighted by molar-refractivity contribution is 7.12. The van der Waals surface area contributed by atoms with E-state index < -0.39 is 0 Å². The zero-order chi connectivity index (χ0) is 11.4. The second-order valence-electron chi connectivity index (χ2n) is 3.09. The minimum absolute atomic E-state index is 0.253. The Morgan fingerprint density at radius 2 is 2.31 bits per heavy atom. The summed E-state index contributed by atoms with van der Waals surface area (Å²) in [5.41, 5.74) is 3.21. The molecule has 0 bridgehead atoms. The van der Waals surface area contributed by atoms with E-state index in [2.05, 4.69) is 10.5 Å². The molecule has 2 heterocycles. The van der Waals surface area contributed by atoms with Crippen LogP contribution in [0.1, 0.15) is 22.4 Å². The van der Waals surface area contributed by atoms with Crippen LogP contribution in [-0.4, -0.2) is 11.6 Å². The van der Waals surface area contributed by atoms with E-state index in [0.29, 0.717) is 0 Å². The van der Waals surface area contributed by atoms with Crippen molar-refractivity contribution in [3.05, 3.63) is 46.5 Å². The molecule has 0 atom stereocenters. The van der Waals surface area contributed by atoms with Crippen LogP contribution in [0.15, 0.2) is 45.4 Å². The van der Waals surface area contributed by atoms with Crippen molar-refractivity contribution < 1.29 is 9.21 Å². The monoisotopic (exact) mass is 234 g/mol. The van der Waals surface area contributed by atoms with Crippen LogP contribution in [-0.2, 0) is 0 Å². The first-order valence-electron chi connectivity index (χ1n) is 4.69. The predicted octanol–water partition coefficient (Wildman–Crippen LogP) is 2.50. The van der Waals surface area contributed by atoms with E-state index in [-0.39, 0.29) is 11.7 Å². The molecule has 2 aromatic rings. The van der Waals surface area contributed by atoms with Crippen molar-refractivity contribution in [3.63, 3.8) is 0 Å². The first-order valence-corrected chi connectivity index (χ1v) is 5.57. The molecule has 2 aromatic heterocycles. The third-order valence-corrected chi connectivity index (χ3v) is 2.93. The number of hydrogen-bond donors (Lipinski definition) is 1. The molecule has 82 valence electrons. The van der Waals surface area contributed by atoms with Crippen LogP contribution in [0.3, 0.4) is 0 Å². The molecule has 0 aliphatic rings. The highest BCUT2D eigenvalue weighted by atomic mass is 32.1. The molecule has 0 aromatic carbocycles. The summed E-state index contributed by atoms with van der Waals surface area (Å²) < 4.78 is 4.94. The molecular formula is C11H10N2O2S. The molecule has 0 aliphatic heterocycles. The summed E-state index contributed by atoms with van der Waals surface area (Å²) in [5, 5.41) is 5.95. The van der Waals surface area contributed by atoms with Crippen molar-refractivity contribution in [2.24, 2.45) is 5.10 Å². The molecule has 0 aliphatic carbocycles. The molecule has 0 spiro atoms. The molecule has 4 nitrogen and oxygen atoms in total. The summed E-state index contributed by atoms with van der Waals surface area (Å²) in [6.07, 6.45) is 1.45. The molecule has 0 unspecified atom stereocenters. The molecule has 2 rings (SSSR count). The molecule has 1 amide bonds. The molecule has 0 saturated heterocycles. The third-order valence-electron chi connectivity index (χ3n) is 1.95. The van der Waals surface area contributed by atoms with Crippen LogP contribution >= 0.6 is 11.3 Å². The number of furan rings is 1. The van der Waals surface area contributed by atoms with Gasteiger partial charge in [-0.2, -0.15) is 5.10 Å². The van der Waals surface area contributed by atoms with Gasteiger partial charge < -0.3 is 4.42 Å². The van der Waals surface area contributed by atoms with E-state index in [4.69, 9.17) is 4.42 Å². The lowest BCUT2D eigenvalue weighted by atomic mass is 10.3. The minimum atomic E-state index is -0.346. The van der Waals surface area contributed by atoms with Crippen LogP contribution < -0.4 is 5.43 Å². The summed E-state index contributed by atoms with van der Waals surface area (Å²) in [6, 6.07) is 7.13. The van der Waals surface area contributed by atoms with Crippen molar-refractivity contribution in [1.82, 2.24) is 5.43 Å². The van der Waals surface area contributed by atoms with Crippen molar-refractivity contribution in [1.29, 1.82) is 0 Å². The zero-order valence-corrected chi connectivity index (χ0v) is 9.45. The largest absolute Gasteiger partial charge is 0.459 e. The third kappa shape index (κ3) is 2.38. The van der Waals surface area contributed by atoms with Gasteiger partial charge in [-0.15, -0.1) is 11.3 Å². The van der Waals surface area contributed by atoms with Gasteiger partial charge in [-0.3, -0.25) is 4.79 Å². The highest BCUT2D eigenvalue weighted by Crippen LogP contribution is 2.09. The maximum Gasteiger partial charge on any atom is 0.307 e. The van der Waals surface area contributed by atoms with Crippen LogP contribution in [0.25, 0.3) is 0 Å². The Labute approximate surface area is 96.6 Å². The predicted molar refractivity (Wildman–Crippen MR) is 62.7 cm³/mol. The minimum Gasteiger partial charge on any atom is -0.459 e. The van der Waals surface area contributed by atoms with E-state index in [9.17, 15) is 4.79 Å². The lowest BCUT2D eigenvalue weighted by molar-refractivity contribution is 0.0927. The summed E-state index contributed by atoms with van der Waals surface area (Å²) in [6.45, 7) is 1.84. The molecule has 0 fully saturated rings.